The summed E-state index contributed by atoms with van der Waals surface area (Å²) in [6.45, 7) is 1.82. The lowest BCUT2D eigenvalue weighted by Crippen LogP contribution is -2.45. The summed E-state index contributed by atoms with van der Waals surface area (Å²) in [6.07, 6.45) is -0.513. The Morgan fingerprint density at radius 3 is 2.60 bits per heavy atom. The number of ether oxygens (including phenoxy) is 1. The summed E-state index contributed by atoms with van der Waals surface area (Å²) in [4.78, 5) is 44.3. The zero-order valence-corrected chi connectivity index (χ0v) is 13.5. The van der Waals surface area contributed by atoms with Crippen molar-refractivity contribution in [1.82, 2.24) is 5.32 Å². The van der Waals surface area contributed by atoms with Crippen molar-refractivity contribution in [2.24, 2.45) is 5.73 Å². The molecule has 2 amide bonds. The van der Waals surface area contributed by atoms with Gasteiger partial charge >= 0.3 is 11.7 Å². The van der Waals surface area contributed by atoms with Crippen LogP contribution in [0, 0.1) is 15.9 Å². The van der Waals surface area contributed by atoms with E-state index in [9.17, 15) is 28.9 Å². The molecule has 3 N–H and O–H groups in total. The molecule has 1 rings (SSSR count). The van der Waals surface area contributed by atoms with Crippen molar-refractivity contribution in [1.29, 1.82) is 0 Å². The van der Waals surface area contributed by atoms with E-state index in [-0.39, 0.29) is 31.4 Å². The number of esters is 1. The number of rotatable bonds is 9. The molecule has 1 aromatic rings. The standard InChI is InChI=1S/C15H18FN3O6/c1-2-25-14(21)6-5-13(20)18-11(15(17)22)7-9-3-4-10(16)12(8-9)19(23)24/h3-4,8,11H,2,5-7H2,1H3,(H2,17,22)(H,18,20)/t11-/m0/s1. The van der Waals surface area contributed by atoms with E-state index in [0.717, 1.165) is 12.1 Å². The molecule has 0 saturated carbocycles. The third kappa shape index (κ3) is 6.53. The molecule has 0 heterocycles. The molecule has 0 aromatic heterocycles. The molecule has 0 radical (unpaired) electrons. The summed E-state index contributed by atoms with van der Waals surface area (Å²) in [5.74, 6) is -3.03. The first-order chi connectivity index (χ1) is 11.7. The van der Waals surface area contributed by atoms with Crippen LogP contribution in [0.2, 0.25) is 0 Å². The predicted molar refractivity (Wildman–Crippen MR) is 83.8 cm³/mol. The average molecular weight is 355 g/mol. The Morgan fingerprint density at radius 1 is 1.36 bits per heavy atom. The molecule has 25 heavy (non-hydrogen) atoms. The van der Waals surface area contributed by atoms with Crippen LogP contribution in [0.4, 0.5) is 10.1 Å². The zero-order valence-electron chi connectivity index (χ0n) is 13.5. The molecule has 0 aliphatic rings. The van der Waals surface area contributed by atoms with Gasteiger partial charge in [0.05, 0.1) is 18.0 Å². The Hall–Kier alpha value is -3.04. The van der Waals surface area contributed by atoms with Crippen molar-refractivity contribution in [2.45, 2.75) is 32.2 Å². The molecular weight excluding hydrogens is 337 g/mol. The highest BCUT2D eigenvalue weighted by Crippen LogP contribution is 2.19. The molecular formula is C15H18FN3O6. The van der Waals surface area contributed by atoms with E-state index in [1.807, 2.05) is 0 Å². The van der Waals surface area contributed by atoms with E-state index in [2.05, 4.69) is 10.1 Å². The summed E-state index contributed by atoms with van der Waals surface area (Å²) < 4.78 is 18.0. The Bertz CT molecular complexity index is 679. The maximum absolute atomic E-state index is 13.3. The van der Waals surface area contributed by atoms with Crippen LogP contribution in [0.1, 0.15) is 25.3 Å². The largest absolute Gasteiger partial charge is 0.466 e. The molecule has 0 aliphatic heterocycles. The SMILES string of the molecule is CCOC(=O)CCC(=O)N[C@@H](Cc1ccc(F)c([N+](=O)[O-])c1)C(N)=O. The summed E-state index contributed by atoms with van der Waals surface area (Å²) in [7, 11) is 0. The summed E-state index contributed by atoms with van der Waals surface area (Å²) in [5, 5.41) is 13.1. The number of amides is 2. The number of nitrogens with two attached hydrogens (primary N) is 1. The van der Waals surface area contributed by atoms with Crippen LogP contribution in [0.3, 0.4) is 0 Å². The molecule has 0 bridgehead atoms. The number of carbonyl (C=O) groups is 3. The van der Waals surface area contributed by atoms with E-state index < -0.39 is 40.3 Å². The monoisotopic (exact) mass is 355 g/mol. The minimum Gasteiger partial charge on any atom is -0.466 e. The Kier molecular flexibility index (Phi) is 7.44. The van der Waals surface area contributed by atoms with Crippen molar-refractivity contribution >= 4 is 23.5 Å². The van der Waals surface area contributed by atoms with Crippen LogP contribution in [0.5, 0.6) is 0 Å². The second-order valence-corrected chi connectivity index (χ2v) is 5.07. The van der Waals surface area contributed by atoms with Crippen LogP contribution in [-0.2, 0) is 25.5 Å². The number of primary amides is 1. The first kappa shape index (κ1) is 20.0. The highest BCUT2D eigenvalue weighted by molar-refractivity contribution is 5.88. The first-order valence-corrected chi connectivity index (χ1v) is 7.41. The van der Waals surface area contributed by atoms with Crippen LogP contribution < -0.4 is 11.1 Å². The average Bonchev–Trinajstić information content (AvgIpc) is 2.54. The highest BCUT2D eigenvalue weighted by Gasteiger charge is 2.21. The quantitative estimate of drug-likeness (QED) is 0.377. The van der Waals surface area contributed by atoms with Gasteiger partial charge in [0.2, 0.25) is 17.6 Å². The minimum atomic E-state index is -1.15. The van der Waals surface area contributed by atoms with Gasteiger partial charge in [-0.25, -0.2) is 0 Å². The second kappa shape index (κ2) is 9.30. The normalized spacial score (nSPS) is 11.4. The number of nitrogens with one attached hydrogen (secondary N) is 1. The fourth-order valence-electron chi connectivity index (χ4n) is 2.00. The maximum Gasteiger partial charge on any atom is 0.306 e. The first-order valence-electron chi connectivity index (χ1n) is 7.41. The lowest BCUT2D eigenvalue weighted by molar-refractivity contribution is -0.387. The van der Waals surface area contributed by atoms with E-state index in [1.54, 1.807) is 6.92 Å². The van der Waals surface area contributed by atoms with Crippen molar-refractivity contribution in [2.75, 3.05) is 6.61 Å². The van der Waals surface area contributed by atoms with Gasteiger partial charge in [-0.05, 0) is 18.6 Å². The fourth-order valence-corrected chi connectivity index (χ4v) is 2.00. The zero-order chi connectivity index (χ0) is 19.0. The lowest BCUT2D eigenvalue weighted by Gasteiger charge is -2.15. The molecule has 1 atom stereocenters. The van der Waals surface area contributed by atoms with E-state index >= 15 is 0 Å². The molecule has 0 aliphatic carbocycles. The van der Waals surface area contributed by atoms with Crippen molar-refractivity contribution in [3.05, 3.63) is 39.7 Å². The van der Waals surface area contributed by atoms with Crippen molar-refractivity contribution in [3.63, 3.8) is 0 Å². The molecule has 0 unspecified atom stereocenters. The summed E-state index contributed by atoms with van der Waals surface area (Å²) in [6, 6.07) is 1.97. The third-order valence-electron chi connectivity index (χ3n) is 3.19. The van der Waals surface area contributed by atoms with Gasteiger partial charge in [0, 0.05) is 18.9 Å². The summed E-state index contributed by atoms with van der Waals surface area (Å²) in [5.41, 5.74) is 4.72. The molecule has 0 saturated heterocycles. The minimum absolute atomic E-state index is 0.151. The van der Waals surface area contributed by atoms with Gasteiger partial charge in [0.15, 0.2) is 0 Å². The van der Waals surface area contributed by atoms with Gasteiger partial charge in [-0.3, -0.25) is 24.5 Å². The number of nitrogens with zero attached hydrogens (tertiary/aromatic N) is 1. The number of benzene rings is 1. The van der Waals surface area contributed by atoms with Crippen LogP contribution in [0.25, 0.3) is 0 Å². The van der Waals surface area contributed by atoms with Crippen LogP contribution >= 0.6 is 0 Å². The molecule has 136 valence electrons. The summed E-state index contributed by atoms with van der Waals surface area (Å²) >= 11 is 0. The third-order valence-corrected chi connectivity index (χ3v) is 3.19. The molecule has 10 heteroatoms. The van der Waals surface area contributed by atoms with Gasteiger partial charge in [-0.2, -0.15) is 4.39 Å². The van der Waals surface area contributed by atoms with Crippen molar-refractivity contribution in [3.8, 4) is 0 Å². The highest BCUT2D eigenvalue weighted by atomic mass is 19.1. The van der Waals surface area contributed by atoms with Crippen LogP contribution in [-0.4, -0.2) is 35.4 Å². The molecule has 1 aromatic carbocycles. The lowest BCUT2D eigenvalue weighted by atomic mass is 10.0. The molecule has 0 spiro atoms. The van der Waals surface area contributed by atoms with E-state index in [4.69, 9.17) is 5.73 Å². The van der Waals surface area contributed by atoms with Gasteiger partial charge in [-0.1, -0.05) is 6.07 Å². The number of hydrogen-bond acceptors (Lipinski definition) is 6. The topological polar surface area (TPSA) is 142 Å². The maximum atomic E-state index is 13.3. The van der Waals surface area contributed by atoms with Gasteiger partial charge in [0.1, 0.15) is 6.04 Å². The fraction of sp³-hybridized carbons (Fsp3) is 0.400. The number of nitro benzene ring substituents is 1. The number of nitro groups is 1. The smallest absolute Gasteiger partial charge is 0.306 e. The Morgan fingerprint density at radius 2 is 2.04 bits per heavy atom. The molecule has 9 nitrogen and oxygen atoms in total. The van der Waals surface area contributed by atoms with E-state index in [1.165, 1.54) is 6.07 Å². The Labute approximate surface area is 142 Å². The van der Waals surface area contributed by atoms with E-state index in [0.29, 0.717) is 0 Å². The molecule has 0 fully saturated rings. The Balaban J connectivity index is 2.73. The van der Waals surface area contributed by atoms with Gasteiger partial charge < -0.3 is 15.8 Å². The van der Waals surface area contributed by atoms with Gasteiger partial charge in [-0.15, -0.1) is 0 Å². The van der Waals surface area contributed by atoms with Crippen molar-refractivity contribution < 1.29 is 28.4 Å². The predicted octanol–water partition coefficient (Wildman–Crippen LogP) is 0.590. The number of hydrogen-bond donors (Lipinski definition) is 2. The van der Waals surface area contributed by atoms with Gasteiger partial charge in [0.25, 0.3) is 0 Å². The number of halogens is 1. The second-order valence-electron chi connectivity index (χ2n) is 5.07. The van der Waals surface area contributed by atoms with Crippen LogP contribution in [0.15, 0.2) is 18.2 Å². The number of carbonyl (C=O) groups excluding carboxylic acids is 3.